The number of rotatable bonds is 3. The average molecular weight is 297 g/mol. The van der Waals surface area contributed by atoms with Crippen molar-refractivity contribution in [1.29, 1.82) is 0 Å². The number of aryl methyl sites for hydroxylation is 2. The van der Waals surface area contributed by atoms with Gasteiger partial charge in [-0.3, -0.25) is 0 Å². The first-order valence-electron chi connectivity index (χ1n) is 5.66. The molecule has 0 unspecified atom stereocenters. The van der Waals surface area contributed by atoms with Gasteiger partial charge in [-0.15, -0.1) is 0 Å². The average Bonchev–Trinajstić information content (AvgIpc) is 2.34. The third-order valence-electron chi connectivity index (χ3n) is 2.65. The largest absolute Gasteiger partial charge is 0.379 e. The van der Waals surface area contributed by atoms with E-state index >= 15 is 0 Å². The van der Waals surface area contributed by atoms with E-state index in [1.807, 2.05) is 19.1 Å². The van der Waals surface area contributed by atoms with Gasteiger partial charge in [0.25, 0.3) is 0 Å². The van der Waals surface area contributed by atoms with Gasteiger partial charge in [0.2, 0.25) is 0 Å². The van der Waals surface area contributed by atoms with Crippen molar-refractivity contribution in [2.75, 3.05) is 0 Å². The van der Waals surface area contributed by atoms with Crippen molar-refractivity contribution >= 4 is 21.7 Å². The van der Waals surface area contributed by atoms with Crippen LogP contribution in [-0.4, -0.2) is 8.42 Å². The molecule has 0 amide bonds. The lowest BCUT2D eigenvalue weighted by atomic mass is 10.1. The zero-order chi connectivity index (χ0) is 14.0. The Morgan fingerprint density at radius 1 is 1.05 bits per heavy atom. The van der Waals surface area contributed by atoms with E-state index in [2.05, 4.69) is 0 Å². The van der Waals surface area contributed by atoms with Crippen molar-refractivity contribution in [2.24, 2.45) is 0 Å². The maximum Gasteiger partial charge on any atom is 0.340 e. The molecule has 0 bridgehead atoms. The Morgan fingerprint density at radius 3 is 2.42 bits per heavy atom. The fourth-order valence-corrected chi connectivity index (χ4v) is 3.08. The van der Waals surface area contributed by atoms with Crippen LogP contribution in [-0.2, 0) is 10.1 Å². The van der Waals surface area contributed by atoms with Crippen LogP contribution in [0.25, 0.3) is 0 Å². The van der Waals surface area contributed by atoms with Crippen molar-refractivity contribution in [2.45, 2.75) is 18.7 Å². The van der Waals surface area contributed by atoms with Gasteiger partial charge in [0, 0.05) is 0 Å². The van der Waals surface area contributed by atoms with Crippen LogP contribution < -0.4 is 4.18 Å². The van der Waals surface area contributed by atoms with Crippen LogP contribution in [0, 0.1) is 13.8 Å². The fraction of sp³-hybridized carbons (Fsp3) is 0.143. The predicted octanol–water partition coefficient (Wildman–Crippen LogP) is 3.72. The quantitative estimate of drug-likeness (QED) is 0.811. The second kappa shape index (κ2) is 5.23. The lowest BCUT2D eigenvalue weighted by Crippen LogP contribution is -2.11. The van der Waals surface area contributed by atoms with Crippen LogP contribution in [0.2, 0.25) is 5.02 Å². The summed E-state index contributed by atoms with van der Waals surface area (Å²) in [6.07, 6.45) is 0. The summed E-state index contributed by atoms with van der Waals surface area (Å²) in [5.74, 6) is 0.319. The summed E-state index contributed by atoms with van der Waals surface area (Å²) in [7, 11) is -3.92. The second-order valence-corrected chi connectivity index (χ2v) is 6.16. The molecule has 0 radical (unpaired) electrons. The normalized spacial score (nSPS) is 11.3. The number of hydrogen-bond donors (Lipinski definition) is 0. The van der Waals surface area contributed by atoms with Crippen molar-refractivity contribution < 1.29 is 12.6 Å². The molecule has 0 N–H and O–H groups in total. The Labute approximate surface area is 117 Å². The van der Waals surface area contributed by atoms with E-state index in [1.165, 1.54) is 12.1 Å². The smallest absolute Gasteiger partial charge is 0.340 e. The number of halogens is 1. The standard InChI is InChI=1S/C14H13ClO3S/c1-10-7-8-11(2)13(9-10)18-19(16,17)14-6-4-3-5-12(14)15/h3-9H,1-2H3. The van der Waals surface area contributed by atoms with Gasteiger partial charge in [0.15, 0.2) is 0 Å². The Bertz CT molecular complexity index is 708. The molecule has 19 heavy (non-hydrogen) atoms. The predicted molar refractivity (Wildman–Crippen MR) is 75.2 cm³/mol. The van der Waals surface area contributed by atoms with Gasteiger partial charge in [-0.05, 0) is 43.2 Å². The highest BCUT2D eigenvalue weighted by molar-refractivity contribution is 7.87. The lowest BCUT2D eigenvalue weighted by Gasteiger charge is -2.11. The molecule has 0 aromatic heterocycles. The summed E-state index contributed by atoms with van der Waals surface area (Å²) in [4.78, 5) is -0.0300. The first-order chi connectivity index (χ1) is 8.90. The maximum absolute atomic E-state index is 12.2. The van der Waals surface area contributed by atoms with Crippen LogP contribution in [0.1, 0.15) is 11.1 Å². The molecule has 2 rings (SSSR count). The molecular weight excluding hydrogens is 284 g/mol. The van der Waals surface area contributed by atoms with Crippen LogP contribution in [0.4, 0.5) is 0 Å². The minimum absolute atomic E-state index is 0.0300. The number of hydrogen-bond acceptors (Lipinski definition) is 3. The maximum atomic E-state index is 12.2. The summed E-state index contributed by atoms with van der Waals surface area (Å²) >= 11 is 5.89. The van der Waals surface area contributed by atoms with Crippen LogP contribution >= 0.6 is 11.6 Å². The zero-order valence-corrected chi connectivity index (χ0v) is 12.1. The second-order valence-electron chi connectivity index (χ2n) is 4.24. The molecule has 5 heteroatoms. The van der Waals surface area contributed by atoms with Crippen molar-refractivity contribution in [1.82, 2.24) is 0 Å². The van der Waals surface area contributed by atoms with Gasteiger partial charge in [-0.25, -0.2) is 0 Å². The molecule has 0 heterocycles. The minimum atomic E-state index is -3.92. The Balaban J connectivity index is 2.43. The first kappa shape index (κ1) is 13.9. The molecule has 2 aromatic rings. The van der Waals surface area contributed by atoms with Gasteiger partial charge < -0.3 is 4.18 Å². The third kappa shape index (κ3) is 3.08. The SMILES string of the molecule is Cc1ccc(C)c(OS(=O)(=O)c2ccccc2Cl)c1. The van der Waals surface area contributed by atoms with E-state index in [9.17, 15) is 8.42 Å². The monoisotopic (exact) mass is 296 g/mol. The van der Waals surface area contributed by atoms with E-state index in [0.29, 0.717) is 5.75 Å². The first-order valence-corrected chi connectivity index (χ1v) is 7.45. The molecule has 0 spiro atoms. The van der Waals surface area contributed by atoms with E-state index in [0.717, 1.165) is 11.1 Å². The van der Waals surface area contributed by atoms with E-state index in [-0.39, 0.29) is 9.92 Å². The lowest BCUT2D eigenvalue weighted by molar-refractivity contribution is 0.484. The molecule has 0 fully saturated rings. The van der Waals surface area contributed by atoms with Gasteiger partial charge in [-0.1, -0.05) is 35.9 Å². The fourth-order valence-electron chi connectivity index (χ4n) is 1.61. The summed E-state index contributed by atoms with van der Waals surface area (Å²) in [5.41, 5.74) is 1.68. The molecule has 0 aliphatic carbocycles. The van der Waals surface area contributed by atoms with Crippen molar-refractivity contribution in [3.05, 3.63) is 58.6 Å². The molecule has 0 saturated heterocycles. The highest BCUT2D eigenvalue weighted by Crippen LogP contribution is 2.27. The zero-order valence-electron chi connectivity index (χ0n) is 10.6. The molecule has 0 aliphatic heterocycles. The summed E-state index contributed by atoms with van der Waals surface area (Å²) in [6, 6.07) is 11.6. The minimum Gasteiger partial charge on any atom is -0.379 e. The Kier molecular flexibility index (Phi) is 3.83. The van der Waals surface area contributed by atoms with Crippen molar-refractivity contribution in [3.63, 3.8) is 0 Å². The highest BCUT2D eigenvalue weighted by Gasteiger charge is 2.20. The molecule has 0 saturated carbocycles. The topological polar surface area (TPSA) is 43.4 Å². The highest BCUT2D eigenvalue weighted by atomic mass is 35.5. The molecule has 0 aliphatic rings. The summed E-state index contributed by atoms with van der Waals surface area (Å²) < 4.78 is 29.5. The van der Waals surface area contributed by atoms with Crippen molar-refractivity contribution in [3.8, 4) is 5.75 Å². The van der Waals surface area contributed by atoms with Gasteiger partial charge >= 0.3 is 10.1 Å². The van der Waals surface area contributed by atoms with E-state index in [4.69, 9.17) is 15.8 Å². The molecule has 2 aromatic carbocycles. The Morgan fingerprint density at radius 2 is 1.74 bits per heavy atom. The van der Waals surface area contributed by atoms with Gasteiger partial charge in [0.1, 0.15) is 10.6 Å². The van der Waals surface area contributed by atoms with Gasteiger partial charge in [0.05, 0.1) is 5.02 Å². The molecule has 100 valence electrons. The summed E-state index contributed by atoms with van der Waals surface area (Å²) in [6.45, 7) is 3.66. The van der Waals surface area contributed by atoms with E-state index < -0.39 is 10.1 Å². The van der Waals surface area contributed by atoms with Gasteiger partial charge in [-0.2, -0.15) is 8.42 Å². The third-order valence-corrected chi connectivity index (χ3v) is 4.38. The Hall–Kier alpha value is -1.52. The van der Waals surface area contributed by atoms with Crippen LogP contribution in [0.15, 0.2) is 47.4 Å². The van der Waals surface area contributed by atoms with Crippen LogP contribution in [0.3, 0.4) is 0 Å². The summed E-state index contributed by atoms with van der Waals surface area (Å²) in [5, 5.41) is 0.146. The number of benzene rings is 2. The molecule has 3 nitrogen and oxygen atoms in total. The molecular formula is C14H13ClO3S. The molecule has 0 atom stereocenters. The van der Waals surface area contributed by atoms with Crippen LogP contribution in [0.5, 0.6) is 5.75 Å². The van der Waals surface area contributed by atoms with E-state index in [1.54, 1.807) is 25.1 Å².